The van der Waals surface area contributed by atoms with Crippen LogP contribution in [0.2, 0.25) is 0 Å². The van der Waals surface area contributed by atoms with E-state index in [2.05, 4.69) is 6.63 Å². The molecule has 0 spiro atoms. The van der Waals surface area contributed by atoms with Crippen molar-refractivity contribution in [2.45, 2.75) is 6.92 Å². The molecule has 0 aromatic rings. The Hall–Kier alpha value is 0.105. The number of rotatable bonds is 4. The van der Waals surface area contributed by atoms with Gasteiger partial charge in [-0.15, -0.1) is 0 Å². The molecule has 10 heteroatoms. The van der Waals surface area contributed by atoms with Crippen LogP contribution >= 0.6 is 0 Å². The van der Waals surface area contributed by atoms with Gasteiger partial charge in [0, 0.05) is 0 Å². The van der Waals surface area contributed by atoms with Crippen molar-refractivity contribution in [2.24, 2.45) is 0 Å². The molecule has 0 radical (unpaired) electrons. The Bertz CT molecular complexity index is 300. The summed E-state index contributed by atoms with van der Waals surface area (Å²) in [5.74, 6) is 0. The molecule has 0 aromatic heterocycles. The Morgan fingerprint density at radius 2 is 1.67 bits per heavy atom. The first kappa shape index (κ1) is 14.6. The van der Waals surface area contributed by atoms with Crippen molar-refractivity contribution >= 4 is 0 Å². The molecule has 0 bridgehead atoms. The second kappa shape index (κ2) is 4.97. The van der Waals surface area contributed by atoms with Crippen LogP contribution < -0.4 is 10.3 Å². The maximum absolute atomic E-state index is 10.3. The van der Waals surface area contributed by atoms with Crippen LogP contribution in [0.3, 0.4) is 0 Å². The van der Waals surface area contributed by atoms with E-state index in [-0.39, 0.29) is 12.8 Å². The zero-order valence-corrected chi connectivity index (χ0v) is 8.93. The van der Waals surface area contributed by atoms with Crippen molar-refractivity contribution in [3.8, 4) is 0 Å². The summed E-state index contributed by atoms with van der Waals surface area (Å²) in [7, 11) is 0. The van der Waals surface area contributed by atoms with Gasteiger partial charge in [-0.1, -0.05) is 0 Å². The smallest absolute Gasteiger partial charge is 0.369 e. The fourth-order valence-corrected chi connectivity index (χ4v) is 2.66. The van der Waals surface area contributed by atoms with Crippen molar-refractivity contribution < 1.29 is 53.2 Å². The van der Waals surface area contributed by atoms with Crippen LogP contribution in [0.25, 0.3) is 0 Å². The van der Waals surface area contributed by atoms with E-state index in [4.69, 9.17) is 0 Å². The van der Waals surface area contributed by atoms with E-state index >= 15 is 0 Å². The molecule has 0 amide bonds. The maximum Gasteiger partial charge on any atom is -0.369 e. The monoisotopic (exact) mass is 263 g/mol. The summed E-state index contributed by atoms with van der Waals surface area (Å²) >= 11 is -11.3. The Morgan fingerprint density at radius 1 is 1.25 bits per heavy atom. The van der Waals surface area contributed by atoms with E-state index in [1.807, 2.05) is 0 Å². The van der Waals surface area contributed by atoms with Gasteiger partial charge in [-0.25, -0.2) is 0 Å². The normalized spacial score (nSPS) is 12.2. The largest absolute Gasteiger partial charge is 0.369 e. The van der Waals surface area contributed by atoms with Gasteiger partial charge in [-0.3, -0.25) is 0 Å². The standard InChI is InChI=1S/C2H5O.2Cr.H3N.6O/c1-2-3;;;;;;;;;/h2H2,1H3;;;1H3;;;;;;/q-1;;+1;;;;;;;-1/p+1. The zero-order chi connectivity index (χ0) is 9.12. The summed E-state index contributed by atoms with van der Waals surface area (Å²) < 4.78 is 57.0. The summed E-state index contributed by atoms with van der Waals surface area (Å²) in [4.78, 5) is 0. The average Bonchev–Trinajstić information content (AvgIpc) is 1.55. The van der Waals surface area contributed by atoms with Crippen LogP contribution in [0.4, 0.5) is 0 Å². The Labute approximate surface area is 73.2 Å². The molecule has 0 aromatic carbocycles. The minimum absolute atomic E-state index is 0. The van der Waals surface area contributed by atoms with Gasteiger partial charge in [0.05, 0.1) is 0 Å². The molecule has 0 aliphatic carbocycles. The van der Waals surface area contributed by atoms with Crippen LogP contribution in [0.15, 0.2) is 0 Å². The molecular weight excluding hydrogens is 254 g/mol. The fraction of sp³-hybridized carbons (Fsp3) is 1.00. The second-order valence-electron chi connectivity index (χ2n) is 1.29. The quantitative estimate of drug-likeness (QED) is 0.692. The molecule has 0 aliphatic heterocycles. The molecule has 4 N–H and O–H groups in total. The molecule has 8 nitrogen and oxygen atoms in total. The van der Waals surface area contributed by atoms with Gasteiger partial charge in [0.25, 0.3) is 0 Å². The van der Waals surface area contributed by atoms with E-state index in [0.717, 1.165) is 0 Å². The van der Waals surface area contributed by atoms with Crippen LogP contribution in [-0.2, 0) is 49.1 Å². The average molecular weight is 263 g/mol. The van der Waals surface area contributed by atoms with E-state index < -0.39 is 27.2 Å². The predicted molar refractivity (Wildman–Crippen MR) is 21.4 cm³/mol. The first-order valence-corrected chi connectivity index (χ1v) is 6.49. The molecule has 76 valence electrons. The number of hydrogen-bond acceptors (Lipinski definition) is 7. The van der Waals surface area contributed by atoms with Crippen molar-refractivity contribution in [3.63, 3.8) is 0 Å². The Kier molecular flexibility index (Phi) is 6.05. The van der Waals surface area contributed by atoms with E-state index in [1.54, 1.807) is 0 Å². The first-order chi connectivity index (χ1) is 4.77. The van der Waals surface area contributed by atoms with Gasteiger partial charge in [-0.05, 0) is 0 Å². The van der Waals surface area contributed by atoms with Crippen molar-refractivity contribution in [1.82, 2.24) is 6.15 Å². The summed E-state index contributed by atoms with van der Waals surface area (Å²) in [6, 6.07) is 0. The third-order valence-corrected chi connectivity index (χ3v) is 3.91. The summed E-state index contributed by atoms with van der Waals surface area (Å²) in [6.07, 6.45) is 0. The number of quaternary nitrogens is 1. The molecule has 0 rings (SSSR count). The van der Waals surface area contributed by atoms with Crippen LogP contribution in [0, 0.1) is 0 Å². The maximum atomic E-state index is 10.3. The minimum Gasteiger partial charge on any atom is -0.369 e. The zero-order valence-electron chi connectivity index (χ0n) is 6.38. The fourth-order valence-electron chi connectivity index (χ4n) is 0.266. The van der Waals surface area contributed by atoms with Gasteiger partial charge in [-0.2, -0.15) is 0 Å². The van der Waals surface area contributed by atoms with Crippen LogP contribution in [-0.4, -0.2) is 6.61 Å². The molecule has 0 unspecified atom stereocenters. The van der Waals surface area contributed by atoms with Gasteiger partial charge in [0.15, 0.2) is 0 Å². The van der Waals surface area contributed by atoms with Gasteiger partial charge in [0.1, 0.15) is 0 Å². The molecule has 0 saturated carbocycles. The van der Waals surface area contributed by atoms with Crippen LogP contribution in [0.5, 0.6) is 0 Å². The molecule has 0 atom stereocenters. The topological polar surface area (TPSA) is 146 Å². The van der Waals surface area contributed by atoms with Crippen LogP contribution in [0.1, 0.15) is 6.92 Å². The predicted octanol–water partition coefficient (Wildman–Crippen LogP) is -0.874. The first-order valence-electron chi connectivity index (χ1n) is 2.33. The minimum atomic E-state index is -5.92. The number of hydrogen-bond donors (Lipinski definition) is 1. The summed E-state index contributed by atoms with van der Waals surface area (Å²) in [5, 5.41) is 0. The van der Waals surface area contributed by atoms with E-state index in [1.165, 1.54) is 6.92 Å². The second-order valence-corrected chi connectivity index (χ2v) is 5.30. The Balaban J connectivity index is 0. The molecule has 0 fully saturated rings. The van der Waals surface area contributed by atoms with Gasteiger partial charge in [0.2, 0.25) is 0 Å². The SMILES string of the molecule is CC[O][Cr](=[O])(=[O])[O][Cr](=[O])(=[O])[O-].[NH4+]. The van der Waals surface area contributed by atoms with Crippen molar-refractivity contribution in [1.29, 1.82) is 0 Å². The van der Waals surface area contributed by atoms with E-state index in [9.17, 15) is 19.4 Å². The van der Waals surface area contributed by atoms with Gasteiger partial charge >= 0.3 is 66.8 Å². The van der Waals surface area contributed by atoms with Gasteiger partial charge < -0.3 is 6.15 Å². The molecule has 12 heavy (non-hydrogen) atoms. The summed E-state index contributed by atoms with van der Waals surface area (Å²) in [6.45, 7) is 1.05. The van der Waals surface area contributed by atoms with Crippen molar-refractivity contribution in [3.05, 3.63) is 0 Å². The molecule has 0 heterocycles. The molecule has 0 saturated heterocycles. The summed E-state index contributed by atoms with van der Waals surface area (Å²) in [5.41, 5.74) is 0. The van der Waals surface area contributed by atoms with Crippen molar-refractivity contribution in [2.75, 3.05) is 6.61 Å². The third kappa shape index (κ3) is 8.20. The third-order valence-electron chi connectivity index (χ3n) is 0.429. The van der Waals surface area contributed by atoms with E-state index in [0.29, 0.717) is 0 Å². The Morgan fingerprint density at radius 3 is 1.92 bits per heavy atom. The molecular formula is C2H9Cr2NO7. The molecule has 0 aliphatic rings.